The Kier molecular flexibility index (Phi) is 6.81. The Morgan fingerprint density at radius 3 is 2.95 bits per heavy atom. The molecule has 0 saturated carbocycles. The zero-order chi connectivity index (χ0) is 15.1. The van der Waals surface area contributed by atoms with Gasteiger partial charge in [-0.25, -0.2) is 0 Å². The Hall–Kier alpha value is -0.770. The van der Waals surface area contributed by atoms with Gasteiger partial charge in [0.05, 0.1) is 13.2 Å². The van der Waals surface area contributed by atoms with Crippen molar-refractivity contribution in [3.63, 3.8) is 0 Å². The molecule has 2 rings (SSSR count). The molecule has 1 saturated heterocycles. The molecule has 0 radical (unpaired) electrons. The van der Waals surface area contributed by atoms with Gasteiger partial charge in [0.2, 0.25) is 0 Å². The Balaban J connectivity index is 1.90. The fourth-order valence-corrected chi connectivity index (χ4v) is 3.14. The second kappa shape index (κ2) is 8.62. The van der Waals surface area contributed by atoms with E-state index in [0.717, 1.165) is 42.2 Å². The first kappa shape index (κ1) is 16.6. The van der Waals surface area contributed by atoms with Crippen molar-refractivity contribution in [3.05, 3.63) is 28.8 Å². The fourth-order valence-electron chi connectivity index (χ4n) is 2.94. The van der Waals surface area contributed by atoms with E-state index in [4.69, 9.17) is 21.1 Å². The number of likely N-dealkylation sites (N-methyl/N-ethyl adjacent to an activating group) is 1. The van der Waals surface area contributed by atoms with Crippen LogP contribution in [0.4, 0.5) is 0 Å². The minimum Gasteiger partial charge on any atom is -0.496 e. The standard InChI is InChI=1S/C17H26ClNO2/c1-19-15(7-8-16-5-3-4-10-21-16)12-13-11-14(18)6-9-17(13)20-2/h6,9,11,15-16,19H,3-5,7-8,10,12H2,1-2H3. The van der Waals surface area contributed by atoms with Crippen LogP contribution in [-0.2, 0) is 11.2 Å². The number of hydrogen-bond donors (Lipinski definition) is 1. The molecule has 1 aromatic carbocycles. The van der Waals surface area contributed by atoms with Gasteiger partial charge in [0, 0.05) is 17.7 Å². The number of benzene rings is 1. The first-order valence-electron chi connectivity index (χ1n) is 7.84. The highest BCUT2D eigenvalue weighted by atomic mass is 35.5. The van der Waals surface area contributed by atoms with Gasteiger partial charge < -0.3 is 14.8 Å². The molecule has 1 aromatic rings. The maximum Gasteiger partial charge on any atom is 0.122 e. The van der Waals surface area contributed by atoms with Crippen LogP contribution in [0.1, 0.15) is 37.7 Å². The molecular formula is C17H26ClNO2. The summed E-state index contributed by atoms with van der Waals surface area (Å²) in [5, 5.41) is 4.17. The summed E-state index contributed by atoms with van der Waals surface area (Å²) < 4.78 is 11.2. The van der Waals surface area contributed by atoms with Crippen molar-refractivity contribution in [3.8, 4) is 5.75 Å². The van der Waals surface area contributed by atoms with E-state index in [1.165, 1.54) is 19.3 Å². The van der Waals surface area contributed by atoms with Crippen molar-refractivity contribution in [2.24, 2.45) is 0 Å². The van der Waals surface area contributed by atoms with Crippen LogP contribution in [0.15, 0.2) is 18.2 Å². The lowest BCUT2D eigenvalue weighted by atomic mass is 9.97. The largest absolute Gasteiger partial charge is 0.496 e. The number of hydrogen-bond acceptors (Lipinski definition) is 3. The number of nitrogens with one attached hydrogen (secondary N) is 1. The predicted octanol–water partition coefficient (Wildman–Crippen LogP) is 3.83. The van der Waals surface area contributed by atoms with Gasteiger partial charge in [-0.3, -0.25) is 0 Å². The number of rotatable bonds is 7. The second-order valence-corrected chi connectivity index (χ2v) is 6.15. The lowest BCUT2D eigenvalue weighted by molar-refractivity contribution is 0.00869. The van der Waals surface area contributed by atoms with E-state index < -0.39 is 0 Å². The highest BCUT2D eigenvalue weighted by Crippen LogP contribution is 2.25. The smallest absolute Gasteiger partial charge is 0.122 e. The normalized spacial score (nSPS) is 20.2. The summed E-state index contributed by atoms with van der Waals surface area (Å²) in [5.41, 5.74) is 1.16. The van der Waals surface area contributed by atoms with Gasteiger partial charge in [0.15, 0.2) is 0 Å². The lowest BCUT2D eigenvalue weighted by Crippen LogP contribution is -2.30. The monoisotopic (exact) mass is 311 g/mol. The van der Waals surface area contributed by atoms with Crippen molar-refractivity contribution >= 4 is 11.6 Å². The molecule has 1 N–H and O–H groups in total. The molecule has 4 heteroatoms. The zero-order valence-corrected chi connectivity index (χ0v) is 13.8. The molecule has 0 aromatic heterocycles. The zero-order valence-electron chi connectivity index (χ0n) is 13.0. The van der Waals surface area contributed by atoms with Crippen LogP contribution in [0, 0.1) is 0 Å². The molecule has 0 amide bonds. The van der Waals surface area contributed by atoms with Gasteiger partial charge in [0.25, 0.3) is 0 Å². The highest BCUT2D eigenvalue weighted by Gasteiger charge is 2.17. The maximum absolute atomic E-state index is 6.10. The van der Waals surface area contributed by atoms with E-state index in [0.29, 0.717) is 12.1 Å². The molecule has 2 unspecified atom stereocenters. The summed E-state index contributed by atoms with van der Waals surface area (Å²) in [6, 6.07) is 6.23. The van der Waals surface area contributed by atoms with E-state index in [1.54, 1.807) is 7.11 Å². The Bertz CT molecular complexity index is 433. The van der Waals surface area contributed by atoms with Crippen LogP contribution in [0.2, 0.25) is 5.02 Å². The van der Waals surface area contributed by atoms with Crippen molar-refractivity contribution in [2.45, 2.75) is 50.7 Å². The number of methoxy groups -OCH3 is 1. The molecular weight excluding hydrogens is 286 g/mol. The third kappa shape index (κ3) is 5.17. The lowest BCUT2D eigenvalue weighted by Gasteiger charge is -2.25. The summed E-state index contributed by atoms with van der Waals surface area (Å²) in [6.07, 6.45) is 7.31. The average Bonchev–Trinajstić information content (AvgIpc) is 2.52. The van der Waals surface area contributed by atoms with E-state index in [2.05, 4.69) is 5.32 Å². The van der Waals surface area contributed by atoms with E-state index in [9.17, 15) is 0 Å². The van der Waals surface area contributed by atoms with Gasteiger partial charge in [-0.2, -0.15) is 0 Å². The minimum atomic E-state index is 0.419. The molecule has 21 heavy (non-hydrogen) atoms. The molecule has 3 nitrogen and oxygen atoms in total. The van der Waals surface area contributed by atoms with E-state index in [1.807, 2.05) is 25.2 Å². The van der Waals surface area contributed by atoms with Gasteiger partial charge in [0.1, 0.15) is 5.75 Å². The fraction of sp³-hybridized carbons (Fsp3) is 0.647. The number of ether oxygens (including phenoxy) is 2. The van der Waals surface area contributed by atoms with Gasteiger partial charge in [-0.1, -0.05) is 11.6 Å². The van der Waals surface area contributed by atoms with E-state index >= 15 is 0 Å². The highest BCUT2D eigenvalue weighted by molar-refractivity contribution is 6.30. The number of halogens is 1. The Morgan fingerprint density at radius 2 is 2.29 bits per heavy atom. The van der Waals surface area contributed by atoms with Crippen LogP contribution < -0.4 is 10.1 Å². The molecule has 0 spiro atoms. The second-order valence-electron chi connectivity index (χ2n) is 5.71. The summed E-state index contributed by atoms with van der Waals surface area (Å²) in [6.45, 7) is 0.928. The van der Waals surface area contributed by atoms with Gasteiger partial charge >= 0.3 is 0 Å². The van der Waals surface area contributed by atoms with Gasteiger partial charge in [-0.15, -0.1) is 0 Å². The molecule has 2 atom stereocenters. The summed E-state index contributed by atoms with van der Waals surface area (Å²) in [5.74, 6) is 0.911. The van der Waals surface area contributed by atoms with Crippen molar-refractivity contribution in [1.82, 2.24) is 5.32 Å². The topological polar surface area (TPSA) is 30.5 Å². The van der Waals surface area contributed by atoms with Crippen LogP contribution in [0.25, 0.3) is 0 Å². The van der Waals surface area contributed by atoms with Crippen molar-refractivity contribution in [1.29, 1.82) is 0 Å². The van der Waals surface area contributed by atoms with Gasteiger partial charge in [-0.05, 0) is 69.3 Å². The summed E-state index contributed by atoms with van der Waals surface area (Å²) in [4.78, 5) is 0. The van der Waals surface area contributed by atoms with Crippen LogP contribution in [-0.4, -0.2) is 32.9 Å². The third-order valence-electron chi connectivity index (χ3n) is 4.23. The maximum atomic E-state index is 6.10. The minimum absolute atomic E-state index is 0.419. The first-order chi connectivity index (χ1) is 10.2. The molecule has 118 valence electrons. The SMILES string of the molecule is CNC(CCC1CCCCO1)Cc1cc(Cl)ccc1OC. The predicted molar refractivity (Wildman–Crippen MR) is 87.4 cm³/mol. The summed E-state index contributed by atoms with van der Waals surface area (Å²) >= 11 is 6.10. The van der Waals surface area contributed by atoms with Crippen LogP contribution in [0.3, 0.4) is 0 Å². The molecule has 1 fully saturated rings. The first-order valence-corrected chi connectivity index (χ1v) is 8.22. The summed E-state index contributed by atoms with van der Waals surface area (Å²) in [7, 11) is 3.72. The molecule has 0 aliphatic carbocycles. The van der Waals surface area contributed by atoms with E-state index in [-0.39, 0.29) is 0 Å². The quantitative estimate of drug-likeness (QED) is 0.830. The Morgan fingerprint density at radius 1 is 1.43 bits per heavy atom. The molecule has 1 heterocycles. The van der Waals surface area contributed by atoms with Crippen LogP contribution in [0.5, 0.6) is 5.75 Å². The third-order valence-corrected chi connectivity index (χ3v) is 4.46. The van der Waals surface area contributed by atoms with Crippen molar-refractivity contribution < 1.29 is 9.47 Å². The molecule has 0 bridgehead atoms. The van der Waals surface area contributed by atoms with Crippen LogP contribution >= 0.6 is 11.6 Å². The van der Waals surface area contributed by atoms with Crippen molar-refractivity contribution in [2.75, 3.05) is 20.8 Å². The molecule has 1 aliphatic heterocycles. The molecule has 1 aliphatic rings. The Labute approximate surface area is 133 Å². The average molecular weight is 312 g/mol.